The van der Waals surface area contributed by atoms with Gasteiger partial charge in [-0.15, -0.1) is 0 Å². The minimum atomic E-state index is -0.388. The molecule has 0 fully saturated rings. The molecule has 2 N–H and O–H groups in total. The summed E-state index contributed by atoms with van der Waals surface area (Å²) in [7, 11) is 1.65. The molecule has 6 heteroatoms. The van der Waals surface area contributed by atoms with E-state index in [4.69, 9.17) is 4.74 Å². The highest BCUT2D eigenvalue weighted by atomic mass is 16.5. The largest absolute Gasteiger partial charge is 0.497 e. The first kappa shape index (κ1) is 29.4. The fourth-order valence-electron chi connectivity index (χ4n) is 6.09. The van der Waals surface area contributed by atoms with Crippen LogP contribution in [0.3, 0.4) is 0 Å². The lowest BCUT2D eigenvalue weighted by Gasteiger charge is -2.38. The molecule has 2 aliphatic rings. The molecule has 0 aromatic heterocycles. The van der Waals surface area contributed by atoms with Crippen LogP contribution in [0.1, 0.15) is 70.2 Å². The van der Waals surface area contributed by atoms with E-state index in [1.165, 1.54) is 5.56 Å². The van der Waals surface area contributed by atoms with Crippen LogP contribution in [0.5, 0.6) is 5.75 Å². The van der Waals surface area contributed by atoms with E-state index in [9.17, 15) is 9.59 Å². The van der Waals surface area contributed by atoms with Crippen LogP contribution in [0.4, 0.5) is 11.4 Å². The normalized spacial score (nSPS) is 18.0. The highest BCUT2D eigenvalue weighted by Crippen LogP contribution is 2.48. The van der Waals surface area contributed by atoms with Crippen molar-refractivity contribution in [1.82, 2.24) is 5.32 Å². The topological polar surface area (TPSA) is 70.7 Å². The van der Waals surface area contributed by atoms with E-state index in [1.54, 1.807) is 7.11 Å². The number of methoxy groups -OCH3 is 1. The highest BCUT2D eigenvalue weighted by molar-refractivity contribution is 6.01. The minimum absolute atomic E-state index is 0.00864. The number of fused-ring (bicyclic) bond motifs is 1. The van der Waals surface area contributed by atoms with E-state index in [1.807, 2.05) is 48.5 Å². The summed E-state index contributed by atoms with van der Waals surface area (Å²) < 4.78 is 5.25. The summed E-state index contributed by atoms with van der Waals surface area (Å²) in [5.41, 5.74) is 6.77. The molecule has 1 heterocycles. The van der Waals surface area contributed by atoms with Crippen molar-refractivity contribution in [2.45, 2.75) is 65.3 Å². The number of rotatable bonds is 7. The highest BCUT2D eigenvalue weighted by Gasteiger charge is 2.42. The van der Waals surface area contributed by atoms with Crippen LogP contribution in [0.2, 0.25) is 0 Å². The lowest BCUT2D eigenvalue weighted by atomic mass is 9.73. The standard InChI is InChI=1S/C36H43N3O3/c1-35(2,3)26-15-13-25(14-16-26)34-33-29(21-36(4,5)22-31(33)40)38-28-9-7-8-10-30(28)39(34)23-32(41)37-20-19-24-11-17-27(42-6)18-12-24/h7-18,34,38H,19-23H2,1-6H3,(H,37,41). The summed E-state index contributed by atoms with van der Waals surface area (Å²) in [6, 6.07) is 24.1. The second-order valence-corrected chi connectivity index (χ2v) is 13.3. The van der Waals surface area contributed by atoms with Crippen molar-refractivity contribution in [2.75, 3.05) is 30.4 Å². The quantitative estimate of drug-likeness (QED) is 0.324. The van der Waals surface area contributed by atoms with Crippen molar-refractivity contribution in [1.29, 1.82) is 0 Å². The molecule has 1 amide bonds. The first-order valence-corrected chi connectivity index (χ1v) is 14.8. The zero-order chi connectivity index (χ0) is 30.1. The first-order chi connectivity index (χ1) is 19.9. The SMILES string of the molecule is COc1ccc(CCNC(=O)CN2c3ccccc3NC3=C(C(=O)CC(C)(C)C3)C2c2ccc(C(C)(C)C)cc2)cc1. The van der Waals surface area contributed by atoms with Gasteiger partial charge in [0.05, 0.1) is 31.1 Å². The van der Waals surface area contributed by atoms with Crippen LogP contribution >= 0.6 is 0 Å². The molecule has 3 aromatic carbocycles. The number of nitrogens with one attached hydrogen (secondary N) is 2. The van der Waals surface area contributed by atoms with Gasteiger partial charge in [-0.05, 0) is 64.6 Å². The Labute approximate surface area is 250 Å². The van der Waals surface area contributed by atoms with Crippen LogP contribution in [-0.2, 0) is 21.4 Å². The van der Waals surface area contributed by atoms with Crippen molar-refractivity contribution in [3.8, 4) is 5.75 Å². The summed E-state index contributed by atoms with van der Waals surface area (Å²) in [4.78, 5) is 29.6. The summed E-state index contributed by atoms with van der Waals surface area (Å²) in [5.74, 6) is 0.866. The number of carbonyl (C=O) groups is 2. The van der Waals surface area contributed by atoms with E-state index in [-0.39, 0.29) is 35.1 Å². The lowest BCUT2D eigenvalue weighted by molar-refractivity contribution is -0.120. The van der Waals surface area contributed by atoms with Gasteiger partial charge in [-0.25, -0.2) is 0 Å². The second-order valence-electron chi connectivity index (χ2n) is 13.3. The number of benzene rings is 3. The number of para-hydroxylation sites is 2. The molecule has 6 nitrogen and oxygen atoms in total. The molecule has 0 spiro atoms. The van der Waals surface area contributed by atoms with E-state index in [2.05, 4.69) is 74.4 Å². The lowest BCUT2D eigenvalue weighted by Crippen LogP contribution is -2.42. The van der Waals surface area contributed by atoms with E-state index in [0.29, 0.717) is 19.4 Å². The summed E-state index contributed by atoms with van der Waals surface area (Å²) in [5, 5.41) is 6.76. The van der Waals surface area contributed by atoms with Gasteiger partial charge in [0.1, 0.15) is 5.75 Å². The van der Waals surface area contributed by atoms with Crippen LogP contribution < -0.4 is 20.3 Å². The number of allylic oxidation sites excluding steroid dienone is 1. The minimum Gasteiger partial charge on any atom is -0.497 e. The molecular weight excluding hydrogens is 522 g/mol. The van der Waals surface area contributed by atoms with Gasteiger partial charge >= 0.3 is 0 Å². The van der Waals surface area contributed by atoms with Gasteiger partial charge in [0.2, 0.25) is 5.91 Å². The number of carbonyl (C=O) groups excluding carboxylic acids is 2. The predicted octanol–water partition coefficient (Wildman–Crippen LogP) is 6.97. The number of amides is 1. The molecule has 0 saturated heterocycles. The fraction of sp³-hybridized carbons (Fsp3) is 0.389. The Kier molecular flexibility index (Phi) is 8.18. The molecule has 1 unspecified atom stereocenters. The third-order valence-corrected chi connectivity index (χ3v) is 8.31. The van der Waals surface area contributed by atoms with Gasteiger partial charge in [0, 0.05) is 24.2 Å². The number of hydrogen-bond acceptors (Lipinski definition) is 5. The Hall–Kier alpha value is -4.06. The van der Waals surface area contributed by atoms with Crippen molar-refractivity contribution >= 4 is 23.1 Å². The summed E-state index contributed by atoms with van der Waals surface area (Å²) >= 11 is 0. The Morgan fingerprint density at radius 2 is 1.69 bits per heavy atom. The van der Waals surface area contributed by atoms with E-state index in [0.717, 1.165) is 45.9 Å². The molecule has 0 saturated carbocycles. The number of anilines is 2. The number of hydrogen-bond donors (Lipinski definition) is 2. The average molecular weight is 566 g/mol. The fourth-order valence-corrected chi connectivity index (χ4v) is 6.09. The first-order valence-electron chi connectivity index (χ1n) is 14.8. The number of ketones is 1. The van der Waals surface area contributed by atoms with Crippen molar-refractivity contribution in [3.63, 3.8) is 0 Å². The number of Topliss-reactive ketones (excluding diaryl/α,β-unsaturated/α-hetero) is 1. The van der Waals surface area contributed by atoms with Gasteiger partial charge in [0.15, 0.2) is 5.78 Å². The monoisotopic (exact) mass is 565 g/mol. The summed E-state index contributed by atoms with van der Waals surface area (Å²) in [6.07, 6.45) is 1.96. The van der Waals surface area contributed by atoms with Crippen molar-refractivity contribution in [3.05, 3.63) is 101 Å². The van der Waals surface area contributed by atoms with Gasteiger partial charge in [-0.1, -0.05) is 83.1 Å². The van der Waals surface area contributed by atoms with Gasteiger partial charge in [-0.2, -0.15) is 0 Å². The predicted molar refractivity (Wildman–Crippen MR) is 170 cm³/mol. The maximum atomic E-state index is 13.9. The van der Waals surface area contributed by atoms with E-state index < -0.39 is 0 Å². The van der Waals surface area contributed by atoms with Crippen LogP contribution in [0.15, 0.2) is 84.1 Å². The molecule has 0 radical (unpaired) electrons. The van der Waals surface area contributed by atoms with Crippen LogP contribution in [0, 0.1) is 5.41 Å². The van der Waals surface area contributed by atoms with Crippen molar-refractivity contribution < 1.29 is 14.3 Å². The second kappa shape index (κ2) is 11.7. The zero-order valence-electron chi connectivity index (χ0n) is 25.7. The third kappa shape index (κ3) is 6.38. The molecule has 220 valence electrons. The third-order valence-electron chi connectivity index (χ3n) is 8.31. The Morgan fingerprint density at radius 3 is 2.36 bits per heavy atom. The molecule has 1 aliphatic heterocycles. The molecular formula is C36H43N3O3. The molecule has 1 aliphatic carbocycles. The Morgan fingerprint density at radius 1 is 1.00 bits per heavy atom. The zero-order valence-corrected chi connectivity index (χ0v) is 25.7. The maximum absolute atomic E-state index is 13.9. The van der Waals surface area contributed by atoms with E-state index >= 15 is 0 Å². The molecule has 3 aromatic rings. The maximum Gasteiger partial charge on any atom is 0.239 e. The molecule has 1 atom stereocenters. The number of ether oxygens (including phenoxy) is 1. The van der Waals surface area contributed by atoms with Crippen LogP contribution in [-0.4, -0.2) is 31.9 Å². The Bertz CT molecular complexity index is 1480. The van der Waals surface area contributed by atoms with Crippen LogP contribution in [0.25, 0.3) is 0 Å². The van der Waals surface area contributed by atoms with Gasteiger partial charge in [-0.3, -0.25) is 9.59 Å². The number of nitrogens with zero attached hydrogens (tertiary/aromatic N) is 1. The molecule has 5 rings (SSSR count). The van der Waals surface area contributed by atoms with Gasteiger partial charge in [0.25, 0.3) is 0 Å². The average Bonchev–Trinajstić information content (AvgIpc) is 3.07. The smallest absolute Gasteiger partial charge is 0.239 e. The van der Waals surface area contributed by atoms with Crippen molar-refractivity contribution in [2.24, 2.45) is 5.41 Å². The van der Waals surface area contributed by atoms with Gasteiger partial charge < -0.3 is 20.3 Å². The summed E-state index contributed by atoms with van der Waals surface area (Å²) in [6.45, 7) is 11.5. The molecule has 0 bridgehead atoms. The molecule has 42 heavy (non-hydrogen) atoms. The Balaban J connectivity index is 1.50.